The van der Waals surface area contributed by atoms with Gasteiger partial charge in [0.1, 0.15) is 5.84 Å². The van der Waals surface area contributed by atoms with E-state index >= 15 is 0 Å². The van der Waals surface area contributed by atoms with Crippen molar-refractivity contribution in [1.82, 2.24) is 16.0 Å². The van der Waals surface area contributed by atoms with E-state index in [1.54, 1.807) is 0 Å². The second-order valence-electron chi connectivity index (χ2n) is 5.85. The Kier molecular flexibility index (Phi) is 4.98. The van der Waals surface area contributed by atoms with Gasteiger partial charge in [0.25, 0.3) is 0 Å². The molecule has 3 heterocycles. The van der Waals surface area contributed by atoms with Crippen LogP contribution in [0, 0.1) is 0 Å². The molecule has 6 heteroatoms. The average molecular weight is 332 g/mol. The first-order chi connectivity index (χ1) is 11.1. The van der Waals surface area contributed by atoms with E-state index in [9.17, 15) is 0 Å². The molecule has 3 aliphatic rings. The molecule has 0 bridgehead atoms. The Morgan fingerprint density at radius 3 is 3.09 bits per heavy atom. The van der Waals surface area contributed by atoms with Crippen molar-refractivity contribution in [3.63, 3.8) is 0 Å². The zero-order valence-corrected chi connectivity index (χ0v) is 14.1. The minimum Gasteiger partial charge on any atom is -0.374 e. The third kappa shape index (κ3) is 4.12. The van der Waals surface area contributed by atoms with Gasteiger partial charge in [-0.05, 0) is 43.2 Å². The molecule has 0 aromatic heterocycles. The Labute approximate surface area is 142 Å². The molecule has 0 saturated heterocycles. The summed E-state index contributed by atoms with van der Waals surface area (Å²) in [6, 6.07) is 0.0469. The summed E-state index contributed by atoms with van der Waals surface area (Å²) in [4.78, 5) is 9.25. The van der Waals surface area contributed by atoms with E-state index in [4.69, 9.17) is 16.6 Å². The molecule has 0 amide bonds. The van der Waals surface area contributed by atoms with E-state index < -0.39 is 0 Å². The highest BCUT2D eigenvalue weighted by Gasteiger charge is 2.19. The molecule has 0 saturated carbocycles. The molecule has 0 aromatic carbocycles. The van der Waals surface area contributed by atoms with Crippen molar-refractivity contribution >= 4 is 23.3 Å². The molecule has 3 aliphatic heterocycles. The number of nitrogens with zero attached hydrogens (tertiary/aromatic N) is 2. The first-order valence-electron chi connectivity index (χ1n) is 7.89. The Bertz CT molecular complexity index is 654. The van der Waals surface area contributed by atoms with Crippen molar-refractivity contribution in [2.75, 3.05) is 26.2 Å². The Hall–Kier alpha value is -1.85. The van der Waals surface area contributed by atoms with E-state index in [1.807, 2.05) is 13.0 Å². The largest absolute Gasteiger partial charge is 0.374 e. The van der Waals surface area contributed by atoms with Crippen molar-refractivity contribution in [2.45, 2.75) is 19.4 Å². The van der Waals surface area contributed by atoms with Crippen LogP contribution in [0.2, 0.25) is 0 Å². The van der Waals surface area contributed by atoms with Crippen molar-refractivity contribution in [2.24, 2.45) is 9.98 Å². The first-order valence-corrected chi connectivity index (χ1v) is 8.26. The molecule has 3 rings (SSSR count). The van der Waals surface area contributed by atoms with E-state index in [-0.39, 0.29) is 6.04 Å². The van der Waals surface area contributed by atoms with E-state index in [0.717, 1.165) is 48.9 Å². The summed E-state index contributed by atoms with van der Waals surface area (Å²) in [6.07, 6.45) is 7.25. The quantitative estimate of drug-likeness (QED) is 0.692. The first kappa shape index (κ1) is 16.0. The van der Waals surface area contributed by atoms with Crippen LogP contribution in [0.15, 0.2) is 56.7 Å². The molecule has 0 aliphatic carbocycles. The van der Waals surface area contributed by atoms with Gasteiger partial charge in [0, 0.05) is 18.7 Å². The normalized spacial score (nSPS) is 27.9. The van der Waals surface area contributed by atoms with Crippen molar-refractivity contribution in [3.8, 4) is 0 Å². The lowest BCUT2D eigenvalue weighted by Crippen LogP contribution is -2.36. The molecule has 122 valence electrons. The SMILES string of the molecule is C=C(/C=C1\CN=C(C)NC1=NC1C=C(Cl)NC1)C1=CCNCC1. The van der Waals surface area contributed by atoms with E-state index in [0.29, 0.717) is 11.7 Å². The molecule has 5 nitrogen and oxygen atoms in total. The highest BCUT2D eigenvalue weighted by molar-refractivity contribution is 6.29. The third-order valence-corrected chi connectivity index (χ3v) is 4.29. The molecular formula is C17H22ClN5. The van der Waals surface area contributed by atoms with Crippen LogP contribution >= 0.6 is 11.6 Å². The van der Waals surface area contributed by atoms with Gasteiger partial charge >= 0.3 is 0 Å². The Balaban J connectivity index is 1.82. The fourth-order valence-corrected chi connectivity index (χ4v) is 2.98. The van der Waals surface area contributed by atoms with Crippen molar-refractivity contribution in [3.05, 3.63) is 46.7 Å². The summed E-state index contributed by atoms with van der Waals surface area (Å²) in [7, 11) is 0. The van der Waals surface area contributed by atoms with Crippen LogP contribution in [0.4, 0.5) is 0 Å². The fourth-order valence-electron chi connectivity index (χ4n) is 2.75. The van der Waals surface area contributed by atoms with Gasteiger partial charge in [-0.25, -0.2) is 0 Å². The summed E-state index contributed by atoms with van der Waals surface area (Å²) in [5.41, 5.74) is 3.41. The highest BCUT2D eigenvalue weighted by Crippen LogP contribution is 2.19. The van der Waals surface area contributed by atoms with Crippen molar-refractivity contribution < 1.29 is 0 Å². The maximum absolute atomic E-state index is 5.97. The van der Waals surface area contributed by atoms with Gasteiger partial charge in [-0.15, -0.1) is 0 Å². The fraction of sp³-hybridized carbons (Fsp3) is 0.412. The van der Waals surface area contributed by atoms with Crippen LogP contribution < -0.4 is 16.0 Å². The summed E-state index contributed by atoms with van der Waals surface area (Å²) in [5, 5.41) is 10.3. The zero-order valence-electron chi connectivity index (χ0n) is 13.3. The van der Waals surface area contributed by atoms with Crippen LogP contribution in [-0.2, 0) is 0 Å². The number of allylic oxidation sites excluding steroid dienone is 2. The number of nitrogens with one attached hydrogen (secondary N) is 3. The van der Waals surface area contributed by atoms with Crippen molar-refractivity contribution in [1.29, 1.82) is 0 Å². The molecular weight excluding hydrogens is 310 g/mol. The van der Waals surface area contributed by atoms with Gasteiger partial charge in [0.2, 0.25) is 0 Å². The van der Waals surface area contributed by atoms with Crippen LogP contribution in [0.3, 0.4) is 0 Å². The molecule has 23 heavy (non-hydrogen) atoms. The number of halogens is 1. The van der Waals surface area contributed by atoms with Gasteiger partial charge in [-0.3, -0.25) is 9.98 Å². The molecule has 3 N–H and O–H groups in total. The van der Waals surface area contributed by atoms with Crippen LogP contribution in [0.5, 0.6) is 0 Å². The van der Waals surface area contributed by atoms with E-state index in [2.05, 4.69) is 39.7 Å². The topological polar surface area (TPSA) is 60.8 Å². The number of amidine groups is 2. The van der Waals surface area contributed by atoms with Crippen LogP contribution in [0.1, 0.15) is 13.3 Å². The summed E-state index contributed by atoms with van der Waals surface area (Å²) in [5.74, 6) is 1.75. The van der Waals surface area contributed by atoms with Gasteiger partial charge in [0.05, 0.1) is 23.6 Å². The smallest absolute Gasteiger partial charge is 0.132 e. The van der Waals surface area contributed by atoms with Gasteiger partial charge in [-0.1, -0.05) is 24.3 Å². The Morgan fingerprint density at radius 1 is 1.52 bits per heavy atom. The molecule has 1 unspecified atom stereocenters. The maximum atomic E-state index is 5.97. The standard InChI is InChI=1S/C17H22ClN5/c1-11(13-3-5-19-6-4-13)7-14-9-20-12(2)22-17(14)23-15-8-16(18)21-10-15/h3,7-8,15,19,21H,1,4-6,9-10H2,2H3,(H,20,22,23)/b14-7+. The predicted octanol–water partition coefficient (Wildman–Crippen LogP) is 1.86. The number of hydrogen-bond donors (Lipinski definition) is 3. The van der Waals surface area contributed by atoms with Crippen LogP contribution in [0.25, 0.3) is 0 Å². The summed E-state index contributed by atoms with van der Waals surface area (Å²) < 4.78 is 0. The molecule has 0 radical (unpaired) electrons. The highest BCUT2D eigenvalue weighted by atomic mass is 35.5. The Morgan fingerprint density at radius 2 is 2.39 bits per heavy atom. The lowest BCUT2D eigenvalue weighted by Gasteiger charge is -2.20. The number of hydrogen-bond acceptors (Lipinski definition) is 4. The third-order valence-electron chi connectivity index (χ3n) is 4.03. The van der Waals surface area contributed by atoms with Gasteiger partial charge < -0.3 is 16.0 Å². The zero-order chi connectivity index (χ0) is 16.2. The summed E-state index contributed by atoms with van der Waals surface area (Å²) >= 11 is 5.97. The lowest BCUT2D eigenvalue weighted by molar-refractivity contribution is 0.709. The second kappa shape index (κ2) is 7.15. The molecule has 0 spiro atoms. The van der Waals surface area contributed by atoms with Crippen LogP contribution in [-0.4, -0.2) is 43.9 Å². The van der Waals surface area contributed by atoms with Gasteiger partial charge in [0.15, 0.2) is 0 Å². The number of rotatable bonds is 3. The van der Waals surface area contributed by atoms with Gasteiger partial charge in [-0.2, -0.15) is 0 Å². The summed E-state index contributed by atoms with van der Waals surface area (Å²) in [6.45, 7) is 9.43. The lowest BCUT2D eigenvalue weighted by atomic mass is 9.98. The second-order valence-corrected chi connectivity index (χ2v) is 6.25. The molecule has 0 fully saturated rings. The minimum absolute atomic E-state index is 0.0469. The molecule has 0 aromatic rings. The van der Waals surface area contributed by atoms with E-state index in [1.165, 1.54) is 5.57 Å². The minimum atomic E-state index is 0.0469. The number of aliphatic imine (C=N–C) groups is 2. The monoisotopic (exact) mass is 331 g/mol. The average Bonchev–Trinajstić information content (AvgIpc) is 2.96. The maximum Gasteiger partial charge on any atom is 0.132 e. The predicted molar refractivity (Wildman–Crippen MR) is 97.1 cm³/mol. The molecule has 1 atom stereocenters.